The van der Waals surface area contributed by atoms with E-state index in [-0.39, 0.29) is 29.5 Å². The van der Waals surface area contributed by atoms with Crippen LogP contribution in [0.25, 0.3) is 0 Å². The van der Waals surface area contributed by atoms with Gasteiger partial charge < -0.3 is 21.3 Å². The first kappa shape index (κ1) is 22.7. The van der Waals surface area contributed by atoms with Crippen molar-refractivity contribution in [1.82, 2.24) is 35.0 Å². The Bertz CT molecular complexity index is 1240. The molecule has 4 heterocycles. The van der Waals surface area contributed by atoms with Crippen LogP contribution in [0.2, 0.25) is 0 Å². The Balaban J connectivity index is 1.32. The van der Waals surface area contributed by atoms with Crippen molar-refractivity contribution in [2.24, 2.45) is 12.8 Å². The SMILES string of the molecule is C[C@@H]1[C@H](NC(=O)c2cnc(C3CC3)nc2)CCCN1c1cnc(C(N)=O)c(Nc2cnn(C)c2)n1. The number of amides is 2. The summed E-state index contributed by atoms with van der Waals surface area (Å²) in [5.74, 6) is 1.23. The number of carbonyl (C=O) groups is 2. The highest BCUT2D eigenvalue weighted by molar-refractivity contribution is 5.96. The average Bonchev–Trinajstić information content (AvgIpc) is 3.62. The van der Waals surface area contributed by atoms with Crippen molar-refractivity contribution in [3.8, 4) is 0 Å². The van der Waals surface area contributed by atoms with Crippen molar-refractivity contribution < 1.29 is 9.59 Å². The van der Waals surface area contributed by atoms with E-state index < -0.39 is 5.91 Å². The molecule has 5 rings (SSSR count). The van der Waals surface area contributed by atoms with Crippen LogP contribution < -0.4 is 21.3 Å². The van der Waals surface area contributed by atoms with Crippen molar-refractivity contribution >= 4 is 29.1 Å². The number of hydrogen-bond donors (Lipinski definition) is 3. The third-order valence-corrected chi connectivity index (χ3v) is 6.44. The molecule has 2 amide bonds. The number of nitrogens with zero attached hydrogens (tertiary/aromatic N) is 7. The van der Waals surface area contributed by atoms with Gasteiger partial charge in [0.1, 0.15) is 11.6 Å². The molecule has 12 nitrogen and oxygen atoms in total. The van der Waals surface area contributed by atoms with Crippen molar-refractivity contribution in [3.05, 3.63) is 48.1 Å². The predicted molar refractivity (Wildman–Crippen MR) is 128 cm³/mol. The molecule has 0 radical (unpaired) electrons. The van der Waals surface area contributed by atoms with Crippen LogP contribution in [-0.2, 0) is 7.05 Å². The molecule has 2 aliphatic rings. The highest BCUT2D eigenvalue weighted by atomic mass is 16.2. The molecule has 182 valence electrons. The Morgan fingerprint density at radius 3 is 2.51 bits per heavy atom. The molecular weight excluding hydrogens is 448 g/mol. The molecule has 35 heavy (non-hydrogen) atoms. The van der Waals surface area contributed by atoms with Crippen LogP contribution in [0.4, 0.5) is 17.3 Å². The maximum atomic E-state index is 12.9. The summed E-state index contributed by atoms with van der Waals surface area (Å²) in [5.41, 5.74) is 6.67. The fraction of sp³-hybridized carbons (Fsp3) is 0.435. The third kappa shape index (κ3) is 4.91. The van der Waals surface area contributed by atoms with E-state index in [2.05, 4.69) is 40.6 Å². The molecule has 3 aromatic heterocycles. The smallest absolute Gasteiger partial charge is 0.271 e. The molecule has 1 saturated carbocycles. The van der Waals surface area contributed by atoms with Gasteiger partial charge in [-0.25, -0.2) is 19.9 Å². The van der Waals surface area contributed by atoms with Crippen LogP contribution in [-0.4, -0.2) is 60.2 Å². The second kappa shape index (κ2) is 9.28. The predicted octanol–water partition coefficient (Wildman–Crippen LogP) is 1.51. The first-order valence-electron chi connectivity index (χ1n) is 11.7. The topological polar surface area (TPSA) is 157 Å². The van der Waals surface area contributed by atoms with Crippen LogP contribution in [0.1, 0.15) is 65.2 Å². The van der Waals surface area contributed by atoms with Gasteiger partial charge in [0.05, 0.1) is 23.6 Å². The molecule has 4 N–H and O–H groups in total. The molecule has 1 aliphatic carbocycles. The van der Waals surface area contributed by atoms with Gasteiger partial charge in [-0.1, -0.05) is 0 Å². The highest BCUT2D eigenvalue weighted by Gasteiger charge is 2.32. The van der Waals surface area contributed by atoms with Gasteiger partial charge in [0.2, 0.25) is 0 Å². The van der Waals surface area contributed by atoms with Gasteiger partial charge in [0.25, 0.3) is 11.8 Å². The largest absolute Gasteiger partial charge is 0.364 e. The second-order valence-corrected chi connectivity index (χ2v) is 9.08. The van der Waals surface area contributed by atoms with Gasteiger partial charge in [-0.05, 0) is 32.6 Å². The summed E-state index contributed by atoms with van der Waals surface area (Å²) >= 11 is 0. The molecule has 1 aliphatic heterocycles. The van der Waals surface area contributed by atoms with Crippen LogP contribution >= 0.6 is 0 Å². The highest BCUT2D eigenvalue weighted by Crippen LogP contribution is 2.37. The van der Waals surface area contributed by atoms with Crippen molar-refractivity contribution in [2.45, 2.75) is 50.6 Å². The quantitative estimate of drug-likeness (QED) is 0.460. The van der Waals surface area contributed by atoms with E-state index in [1.165, 1.54) is 0 Å². The van der Waals surface area contributed by atoms with Crippen molar-refractivity contribution in [2.75, 3.05) is 16.8 Å². The summed E-state index contributed by atoms with van der Waals surface area (Å²) in [5, 5.41) is 10.3. The zero-order chi connectivity index (χ0) is 24.5. The number of aromatic nitrogens is 6. The zero-order valence-corrected chi connectivity index (χ0v) is 19.7. The number of nitrogens with two attached hydrogens (primary N) is 1. The second-order valence-electron chi connectivity index (χ2n) is 9.08. The Labute approximate surface area is 202 Å². The number of hydrogen-bond acceptors (Lipinski definition) is 9. The minimum atomic E-state index is -0.679. The molecule has 0 aromatic carbocycles. The first-order chi connectivity index (χ1) is 16.9. The number of aryl methyl sites for hydroxylation is 1. The molecule has 0 spiro atoms. The molecule has 12 heteroatoms. The van der Waals surface area contributed by atoms with Crippen molar-refractivity contribution in [1.29, 1.82) is 0 Å². The van der Waals surface area contributed by atoms with E-state index in [0.29, 0.717) is 23.0 Å². The minimum absolute atomic E-state index is 0.0433. The maximum Gasteiger partial charge on any atom is 0.271 e. The van der Waals surface area contributed by atoms with Crippen LogP contribution in [0, 0.1) is 0 Å². The van der Waals surface area contributed by atoms with Crippen LogP contribution in [0.5, 0.6) is 0 Å². The first-order valence-corrected chi connectivity index (χ1v) is 11.7. The molecular formula is C23H28N10O2. The number of anilines is 3. The lowest BCUT2D eigenvalue weighted by Gasteiger charge is -2.40. The summed E-state index contributed by atoms with van der Waals surface area (Å²) < 4.78 is 1.63. The summed E-state index contributed by atoms with van der Waals surface area (Å²) in [6, 6.07) is -0.161. The average molecular weight is 477 g/mol. The summed E-state index contributed by atoms with van der Waals surface area (Å²) in [7, 11) is 1.79. The lowest BCUT2D eigenvalue weighted by Crippen LogP contribution is -2.54. The lowest BCUT2D eigenvalue weighted by molar-refractivity contribution is 0.0922. The number of piperidine rings is 1. The van der Waals surface area contributed by atoms with Gasteiger partial charge >= 0.3 is 0 Å². The van der Waals surface area contributed by atoms with Crippen molar-refractivity contribution in [3.63, 3.8) is 0 Å². The molecule has 0 unspecified atom stereocenters. The van der Waals surface area contributed by atoms with Gasteiger partial charge in [0, 0.05) is 50.2 Å². The Morgan fingerprint density at radius 2 is 1.86 bits per heavy atom. The molecule has 0 bridgehead atoms. The fourth-order valence-electron chi connectivity index (χ4n) is 4.33. The summed E-state index contributed by atoms with van der Waals surface area (Å²) in [6.45, 7) is 2.78. The van der Waals surface area contributed by atoms with E-state index in [1.54, 1.807) is 42.7 Å². The molecule has 3 aromatic rings. The number of primary amides is 1. The number of nitrogens with one attached hydrogen (secondary N) is 2. The minimum Gasteiger partial charge on any atom is -0.364 e. The van der Waals surface area contributed by atoms with Gasteiger partial charge in [-0.15, -0.1) is 0 Å². The maximum absolute atomic E-state index is 12.9. The van der Waals surface area contributed by atoms with E-state index in [4.69, 9.17) is 5.73 Å². The standard InChI is InChI=1S/C23H28N10O2/c1-13-17(30-23(35)15-8-26-21(27-9-15)14-5-6-14)4-3-7-33(13)18-11-25-19(20(24)34)22(31-18)29-16-10-28-32(2)12-16/h8-14,17H,3-7H2,1-2H3,(H2,24,34)(H,29,31)(H,30,35)/t13-,17-/m1/s1. The van der Waals surface area contributed by atoms with E-state index >= 15 is 0 Å². The van der Waals surface area contributed by atoms with Gasteiger partial charge in [-0.3, -0.25) is 14.3 Å². The fourth-order valence-corrected chi connectivity index (χ4v) is 4.33. The summed E-state index contributed by atoms with van der Waals surface area (Å²) in [6.07, 6.45) is 12.0. The number of carbonyl (C=O) groups excluding carboxylic acids is 2. The van der Waals surface area contributed by atoms with Crippen LogP contribution in [0.15, 0.2) is 31.0 Å². The Hall–Kier alpha value is -4.09. The number of rotatable bonds is 7. The Kier molecular flexibility index (Phi) is 6.01. The molecule has 2 atom stereocenters. The zero-order valence-electron chi connectivity index (χ0n) is 19.7. The molecule has 1 saturated heterocycles. The van der Waals surface area contributed by atoms with Gasteiger partial charge in [0.15, 0.2) is 11.5 Å². The van der Waals surface area contributed by atoms with Gasteiger partial charge in [-0.2, -0.15) is 5.10 Å². The normalized spacial score (nSPS) is 19.9. The Morgan fingerprint density at radius 1 is 1.09 bits per heavy atom. The van der Waals surface area contributed by atoms with E-state index in [0.717, 1.165) is 38.1 Å². The monoisotopic (exact) mass is 476 g/mol. The lowest BCUT2D eigenvalue weighted by atomic mass is 9.97. The van der Waals surface area contributed by atoms with E-state index in [1.807, 2.05) is 6.92 Å². The van der Waals surface area contributed by atoms with Crippen LogP contribution in [0.3, 0.4) is 0 Å². The third-order valence-electron chi connectivity index (χ3n) is 6.44. The van der Waals surface area contributed by atoms with E-state index in [9.17, 15) is 9.59 Å². The summed E-state index contributed by atoms with van der Waals surface area (Å²) in [4.78, 5) is 44.5. The molecule has 2 fully saturated rings.